The molecule has 39 heavy (non-hydrogen) atoms. The first-order valence-corrected chi connectivity index (χ1v) is 13.8. The zero-order valence-corrected chi connectivity index (χ0v) is 23.1. The van der Waals surface area contributed by atoms with Gasteiger partial charge in [-0.25, -0.2) is 0 Å². The maximum Gasteiger partial charge on any atom is 0.301 e. The number of aliphatic hydroxyl groups is 1. The van der Waals surface area contributed by atoms with Crippen molar-refractivity contribution in [2.75, 3.05) is 19.1 Å². The van der Waals surface area contributed by atoms with Gasteiger partial charge in [0, 0.05) is 11.3 Å². The van der Waals surface area contributed by atoms with Crippen LogP contribution in [0.2, 0.25) is 0 Å². The van der Waals surface area contributed by atoms with Crippen molar-refractivity contribution in [3.05, 3.63) is 101 Å². The summed E-state index contributed by atoms with van der Waals surface area (Å²) in [5.41, 5.74) is 3.25. The van der Waals surface area contributed by atoms with Crippen molar-refractivity contribution in [1.29, 1.82) is 0 Å². The van der Waals surface area contributed by atoms with Crippen LogP contribution >= 0.6 is 23.1 Å². The number of ketones is 1. The molecule has 1 aliphatic heterocycles. The zero-order chi connectivity index (χ0) is 27.5. The molecule has 1 unspecified atom stereocenters. The lowest BCUT2D eigenvalue weighted by Gasteiger charge is -2.23. The molecule has 8 nitrogen and oxygen atoms in total. The summed E-state index contributed by atoms with van der Waals surface area (Å²) < 4.78 is 11.5. The number of aryl methyl sites for hydroxylation is 1. The van der Waals surface area contributed by atoms with Crippen molar-refractivity contribution in [3.63, 3.8) is 0 Å². The van der Waals surface area contributed by atoms with Crippen LogP contribution in [0.1, 0.15) is 28.3 Å². The summed E-state index contributed by atoms with van der Waals surface area (Å²) in [5, 5.41) is 20.1. The highest BCUT2D eigenvalue weighted by Gasteiger charge is 2.48. The number of aliphatic hydroxyl groups excluding tert-OH is 1. The van der Waals surface area contributed by atoms with E-state index in [2.05, 4.69) is 34.5 Å². The first-order chi connectivity index (χ1) is 18.9. The average molecular weight is 560 g/mol. The topological polar surface area (TPSA) is 102 Å². The number of carbonyl (C=O) groups is 2. The van der Waals surface area contributed by atoms with Crippen LogP contribution in [0.5, 0.6) is 11.5 Å². The Labute approximate surface area is 233 Å². The van der Waals surface area contributed by atoms with Crippen molar-refractivity contribution < 1.29 is 24.2 Å². The van der Waals surface area contributed by atoms with Crippen molar-refractivity contribution in [2.24, 2.45) is 0 Å². The first kappa shape index (κ1) is 26.5. The predicted molar refractivity (Wildman–Crippen MR) is 151 cm³/mol. The monoisotopic (exact) mass is 559 g/mol. The normalized spacial score (nSPS) is 16.5. The van der Waals surface area contributed by atoms with Crippen LogP contribution < -0.4 is 14.4 Å². The molecule has 1 saturated heterocycles. The van der Waals surface area contributed by atoms with Crippen LogP contribution in [-0.2, 0) is 15.3 Å². The van der Waals surface area contributed by atoms with Gasteiger partial charge in [-0.05, 0) is 30.2 Å². The number of aromatic nitrogens is 2. The molecule has 1 aliphatic rings. The van der Waals surface area contributed by atoms with Gasteiger partial charge in [0.25, 0.3) is 5.78 Å². The van der Waals surface area contributed by atoms with Gasteiger partial charge in [-0.2, -0.15) is 0 Å². The minimum atomic E-state index is -0.951. The van der Waals surface area contributed by atoms with Gasteiger partial charge in [0.05, 0.1) is 25.8 Å². The highest BCUT2D eigenvalue weighted by molar-refractivity contribution is 8.00. The number of rotatable bonds is 8. The number of ether oxygens (including phenoxy) is 2. The van der Waals surface area contributed by atoms with Gasteiger partial charge in [0.2, 0.25) is 5.13 Å². The molecule has 0 radical (unpaired) electrons. The van der Waals surface area contributed by atoms with Crippen LogP contribution in [0.4, 0.5) is 5.13 Å². The van der Waals surface area contributed by atoms with Crippen molar-refractivity contribution in [1.82, 2.24) is 10.2 Å². The molecule has 3 aromatic carbocycles. The van der Waals surface area contributed by atoms with Gasteiger partial charge < -0.3 is 14.6 Å². The maximum absolute atomic E-state index is 13.4. The molecule has 1 fully saturated rings. The van der Waals surface area contributed by atoms with Gasteiger partial charge in [-0.3, -0.25) is 14.5 Å². The molecule has 1 N–H and O–H groups in total. The van der Waals surface area contributed by atoms with Crippen molar-refractivity contribution >= 4 is 45.7 Å². The lowest BCUT2D eigenvalue weighted by molar-refractivity contribution is -0.132. The van der Waals surface area contributed by atoms with E-state index in [0.717, 1.165) is 5.56 Å². The Morgan fingerprint density at radius 1 is 0.974 bits per heavy atom. The average Bonchev–Trinajstić information content (AvgIpc) is 3.54. The maximum atomic E-state index is 13.4. The van der Waals surface area contributed by atoms with Crippen LogP contribution in [0.25, 0.3) is 5.76 Å². The lowest BCUT2D eigenvalue weighted by Crippen LogP contribution is -2.29. The number of thioether (sulfide) groups is 1. The molecule has 1 atom stereocenters. The summed E-state index contributed by atoms with van der Waals surface area (Å²) in [6, 6.07) is 21.0. The van der Waals surface area contributed by atoms with E-state index in [4.69, 9.17) is 9.47 Å². The molecule has 0 bridgehead atoms. The summed E-state index contributed by atoms with van der Waals surface area (Å²) in [4.78, 5) is 28.1. The van der Waals surface area contributed by atoms with E-state index < -0.39 is 17.7 Å². The quantitative estimate of drug-likeness (QED) is 0.0953. The molecule has 1 amide bonds. The Balaban J connectivity index is 1.56. The molecule has 0 saturated carbocycles. The molecule has 198 valence electrons. The molecular formula is C29H25N3O5S2. The highest BCUT2D eigenvalue weighted by Crippen LogP contribution is 2.45. The smallest absolute Gasteiger partial charge is 0.301 e. The molecule has 5 rings (SSSR count). The molecule has 10 heteroatoms. The third kappa shape index (κ3) is 5.25. The van der Waals surface area contributed by atoms with Crippen LogP contribution in [0.3, 0.4) is 0 Å². The van der Waals surface area contributed by atoms with Crippen molar-refractivity contribution in [2.45, 2.75) is 23.1 Å². The van der Waals surface area contributed by atoms with Gasteiger partial charge >= 0.3 is 5.91 Å². The fourth-order valence-corrected chi connectivity index (χ4v) is 6.13. The first-order valence-electron chi connectivity index (χ1n) is 12.0. The molecule has 4 aromatic rings. The fraction of sp³-hybridized carbons (Fsp3) is 0.172. The number of amides is 1. The Morgan fingerprint density at radius 2 is 1.69 bits per heavy atom. The van der Waals surface area contributed by atoms with Gasteiger partial charge in [-0.1, -0.05) is 89.3 Å². The van der Waals surface area contributed by atoms with E-state index >= 15 is 0 Å². The second-order valence-corrected chi connectivity index (χ2v) is 11.0. The standard InChI is InChI=1S/C29H25N3O5S2/c1-17-9-11-18(12-10-17)16-38-29-31-30-28(39-29)32-24(20-13-14-21(36-2)22(15-20)37-3)23(26(34)27(32)35)25(33)19-7-5-4-6-8-19/h4-15,24,33H,16H2,1-3H3/b25-23-. The van der Waals surface area contributed by atoms with Crippen molar-refractivity contribution in [3.8, 4) is 11.5 Å². The van der Waals surface area contributed by atoms with E-state index in [1.807, 2.05) is 6.92 Å². The number of Topliss-reactive ketones (excluding diaryl/α,β-unsaturated/α-hetero) is 1. The third-order valence-electron chi connectivity index (χ3n) is 6.30. The number of anilines is 1. The van der Waals surface area contributed by atoms with E-state index in [-0.39, 0.29) is 16.5 Å². The Hall–Kier alpha value is -4.15. The van der Waals surface area contributed by atoms with E-state index in [9.17, 15) is 14.7 Å². The second kappa shape index (κ2) is 11.3. The number of hydrogen-bond donors (Lipinski definition) is 1. The number of benzene rings is 3. The molecule has 0 aliphatic carbocycles. The SMILES string of the molecule is COc1ccc(C2/C(=C(/O)c3ccccc3)C(=O)C(=O)N2c2nnc(SCc3ccc(C)cc3)s2)cc1OC. The van der Waals surface area contributed by atoms with Gasteiger partial charge in [0.15, 0.2) is 15.8 Å². The van der Waals surface area contributed by atoms with Gasteiger partial charge in [0.1, 0.15) is 5.76 Å². The van der Waals surface area contributed by atoms with Crippen LogP contribution in [0.15, 0.2) is 82.7 Å². The van der Waals surface area contributed by atoms with Gasteiger partial charge in [-0.15, -0.1) is 10.2 Å². The minimum absolute atomic E-state index is 0.0394. The molecular weight excluding hydrogens is 534 g/mol. The summed E-state index contributed by atoms with van der Waals surface area (Å²) >= 11 is 2.71. The number of methoxy groups -OCH3 is 2. The Morgan fingerprint density at radius 3 is 2.38 bits per heavy atom. The number of carbonyl (C=O) groups excluding carboxylic acids is 2. The minimum Gasteiger partial charge on any atom is -0.507 e. The van der Waals surface area contributed by atoms with E-state index in [0.29, 0.717) is 32.7 Å². The molecule has 0 spiro atoms. The molecule has 2 heterocycles. The third-order valence-corrected chi connectivity index (χ3v) is 8.43. The summed E-state index contributed by atoms with van der Waals surface area (Å²) in [6.07, 6.45) is 0. The predicted octanol–water partition coefficient (Wildman–Crippen LogP) is 5.78. The van der Waals surface area contributed by atoms with Crippen LogP contribution in [0, 0.1) is 6.92 Å². The number of nitrogens with zero attached hydrogens (tertiary/aromatic N) is 3. The van der Waals surface area contributed by atoms with Crippen LogP contribution in [-0.4, -0.2) is 41.2 Å². The fourth-order valence-electron chi connectivity index (χ4n) is 4.31. The summed E-state index contributed by atoms with van der Waals surface area (Å²) in [5.74, 6) is -0.270. The Bertz CT molecular complexity index is 1550. The summed E-state index contributed by atoms with van der Waals surface area (Å²) in [7, 11) is 3.03. The summed E-state index contributed by atoms with van der Waals surface area (Å²) in [6.45, 7) is 2.04. The number of hydrogen-bond acceptors (Lipinski definition) is 9. The molecule has 1 aromatic heterocycles. The largest absolute Gasteiger partial charge is 0.507 e. The highest BCUT2D eigenvalue weighted by atomic mass is 32.2. The second-order valence-electron chi connectivity index (χ2n) is 8.77. The zero-order valence-electron chi connectivity index (χ0n) is 21.5. The van der Waals surface area contributed by atoms with E-state index in [1.54, 1.807) is 48.5 Å². The lowest BCUT2D eigenvalue weighted by atomic mass is 9.95. The van der Waals surface area contributed by atoms with E-state index in [1.165, 1.54) is 47.8 Å². The Kier molecular flexibility index (Phi) is 7.67.